The van der Waals surface area contributed by atoms with E-state index in [4.69, 9.17) is 9.15 Å². The second kappa shape index (κ2) is 6.64. The number of aromatic nitrogens is 1. The third-order valence-electron chi connectivity index (χ3n) is 3.85. The summed E-state index contributed by atoms with van der Waals surface area (Å²) in [6, 6.07) is 8.68. The van der Waals surface area contributed by atoms with Crippen molar-refractivity contribution < 1.29 is 18.7 Å². The molecule has 2 amide bonds. The lowest BCUT2D eigenvalue weighted by atomic mass is 10.1. The van der Waals surface area contributed by atoms with E-state index in [1.165, 1.54) is 12.3 Å². The van der Waals surface area contributed by atoms with E-state index in [9.17, 15) is 9.59 Å². The number of hydrazine groups is 1. The van der Waals surface area contributed by atoms with Gasteiger partial charge in [0.1, 0.15) is 11.5 Å². The summed E-state index contributed by atoms with van der Waals surface area (Å²) in [5.74, 6) is 0.243. The maximum Gasteiger partial charge on any atom is 0.273 e. The van der Waals surface area contributed by atoms with Crippen LogP contribution in [0.4, 0.5) is 0 Å². The van der Waals surface area contributed by atoms with Crippen LogP contribution in [0.3, 0.4) is 0 Å². The first kappa shape index (κ1) is 16.5. The fraction of sp³-hybridized carbons (Fsp3) is 0.167. The van der Waals surface area contributed by atoms with Gasteiger partial charge in [0.2, 0.25) is 0 Å². The van der Waals surface area contributed by atoms with E-state index >= 15 is 0 Å². The third kappa shape index (κ3) is 3.30. The molecule has 3 rings (SSSR count). The normalized spacial score (nSPS) is 10.5. The lowest BCUT2D eigenvalue weighted by Gasteiger charge is -2.10. The number of methoxy groups -OCH3 is 1. The number of amides is 2. The molecule has 0 fully saturated rings. The van der Waals surface area contributed by atoms with Gasteiger partial charge in [0, 0.05) is 5.39 Å². The zero-order valence-electron chi connectivity index (χ0n) is 14.0. The molecule has 0 radical (unpaired) electrons. The average Bonchev–Trinajstić information content (AvgIpc) is 3.04. The lowest BCUT2D eigenvalue weighted by molar-refractivity contribution is 0.0845. The Labute approximate surface area is 144 Å². The van der Waals surface area contributed by atoms with Gasteiger partial charge in [-0.05, 0) is 44.2 Å². The van der Waals surface area contributed by atoms with Crippen molar-refractivity contribution in [2.75, 3.05) is 7.11 Å². The van der Waals surface area contributed by atoms with Crippen molar-refractivity contribution in [1.82, 2.24) is 15.8 Å². The first-order valence-electron chi connectivity index (χ1n) is 7.60. The van der Waals surface area contributed by atoms with Crippen LogP contribution in [0, 0.1) is 13.8 Å². The second-order valence-electron chi connectivity index (χ2n) is 5.48. The van der Waals surface area contributed by atoms with E-state index < -0.39 is 11.8 Å². The number of nitrogens with zero attached hydrogens (tertiary/aromatic N) is 1. The highest BCUT2D eigenvalue weighted by atomic mass is 16.5. The topological polar surface area (TPSA) is 93.5 Å². The average molecular weight is 339 g/mol. The molecule has 0 aliphatic heterocycles. The first-order valence-corrected chi connectivity index (χ1v) is 7.60. The van der Waals surface area contributed by atoms with Gasteiger partial charge in [0.05, 0.1) is 35.7 Å². The number of carbonyl (C=O) groups is 2. The predicted molar refractivity (Wildman–Crippen MR) is 91.4 cm³/mol. The van der Waals surface area contributed by atoms with E-state index in [-0.39, 0.29) is 0 Å². The fourth-order valence-corrected chi connectivity index (χ4v) is 2.48. The summed E-state index contributed by atoms with van der Waals surface area (Å²) in [5.41, 5.74) is 6.81. The fourth-order valence-electron chi connectivity index (χ4n) is 2.48. The Balaban J connectivity index is 1.80. The number of fused-ring (bicyclic) bond motifs is 1. The molecule has 2 aromatic heterocycles. The zero-order valence-corrected chi connectivity index (χ0v) is 14.0. The molecule has 1 aromatic carbocycles. The standard InChI is InChI=1S/C18H17N3O4/c1-10-15(9-12-8-13(24-3)4-5-16(12)19-10)18(23)21-20-17(22)14-6-7-25-11(14)2/h4-9H,1-3H3,(H,20,22)(H,21,23). The molecule has 0 atom stereocenters. The number of benzene rings is 1. The van der Waals surface area contributed by atoms with E-state index in [1.807, 2.05) is 12.1 Å². The van der Waals surface area contributed by atoms with Crippen molar-refractivity contribution in [2.45, 2.75) is 13.8 Å². The third-order valence-corrected chi connectivity index (χ3v) is 3.85. The van der Waals surface area contributed by atoms with Crippen molar-refractivity contribution in [3.8, 4) is 5.75 Å². The quantitative estimate of drug-likeness (QED) is 0.715. The summed E-state index contributed by atoms with van der Waals surface area (Å²) in [4.78, 5) is 28.8. The zero-order chi connectivity index (χ0) is 18.0. The van der Waals surface area contributed by atoms with Gasteiger partial charge >= 0.3 is 0 Å². The molecule has 128 valence electrons. The molecule has 0 aliphatic rings. The maximum absolute atomic E-state index is 12.4. The van der Waals surface area contributed by atoms with Crippen molar-refractivity contribution in [3.63, 3.8) is 0 Å². The Bertz CT molecular complexity index is 962. The maximum atomic E-state index is 12.4. The summed E-state index contributed by atoms with van der Waals surface area (Å²) >= 11 is 0. The van der Waals surface area contributed by atoms with Crippen LogP contribution in [0.2, 0.25) is 0 Å². The summed E-state index contributed by atoms with van der Waals surface area (Å²) < 4.78 is 10.3. The van der Waals surface area contributed by atoms with Crippen LogP contribution in [0.15, 0.2) is 41.0 Å². The lowest BCUT2D eigenvalue weighted by Crippen LogP contribution is -2.42. The number of hydrogen-bond donors (Lipinski definition) is 2. The van der Waals surface area contributed by atoms with E-state index in [1.54, 1.807) is 33.1 Å². The molecule has 7 heteroatoms. The molecule has 0 saturated carbocycles. The van der Waals surface area contributed by atoms with Gasteiger partial charge in [-0.1, -0.05) is 0 Å². The molecule has 0 aliphatic carbocycles. The number of rotatable bonds is 3. The van der Waals surface area contributed by atoms with Gasteiger partial charge in [-0.25, -0.2) is 0 Å². The van der Waals surface area contributed by atoms with Crippen molar-refractivity contribution in [3.05, 3.63) is 59.2 Å². The highest BCUT2D eigenvalue weighted by molar-refractivity contribution is 6.01. The Morgan fingerprint density at radius 1 is 1.04 bits per heavy atom. The minimum absolute atomic E-state index is 0.360. The van der Waals surface area contributed by atoms with Crippen LogP contribution in [0.25, 0.3) is 10.9 Å². The first-order chi connectivity index (χ1) is 12.0. The van der Waals surface area contributed by atoms with Crippen molar-refractivity contribution in [2.24, 2.45) is 0 Å². The van der Waals surface area contributed by atoms with Gasteiger partial charge in [0.25, 0.3) is 11.8 Å². The van der Waals surface area contributed by atoms with E-state index in [2.05, 4.69) is 15.8 Å². The summed E-state index contributed by atoms with van der Waals surface area (Å²) in [6.45, 7) is 3.40. The number of furan rings is 1. The van der Waals surface area contributed by atoms with E-state index in [0.717, 1.165) is 10.9 Å². The minimum Gasteiger partial charge on any atom is -0.497 e. The predicted octanol–water partition coefficient (Wildman–Crippen LogP) is 2.53. The van der Waals surface area contributed by atoms with Crippen LogP contribution in [-0.2, 0) is 0 Å². The van der Waals surface area contributed by atoms with Crippen LogP contribution in [0.1, 0.15) is 32.2 Å². The second-order valence-corrected chi connectivity index (χ2v) is 5.48. The Morgan fingerprint density at radius 3 is 2.40 bits per heavy atom. The van der Waals surface area contributed by atoms with E-state index in [0.29, 0.717) is 28.3 Å². The summed E-state index contributed by atoms with van der Waals surface area (Å²) in [7, 11) is 1.57. The highest BCUT2D eigenvalue weighted by Crippen LogP contribution is 2.21. The number of pyridine rings is 1. The van der Waals surface area contributed by atoms with Gasteiger partial charge in [-0.15, -0.1) is 0 Å². The molecule has 3 aromatic rings. The van der Waals surface area contributed by atoms with Crippen molar-refractivity contribution in [1.29, 1.82) is 0 Å². The van der Waals surface area contributed by atoms with Crippen LogP contribution < -0.4 is 15.6 Å². The molecule has 25 heavy (non-hydrogen) atoms. The van der Waals surface area contributed by atoms with Gasteiger partial charge in [0.15, 0.2) is 0 Å². The van der Waals surface area contributed by atoms with Crippen LogP contribution in [-0.4, -0.2) is 23.9 Å². The molecule has 0 unspecified atom stereocenters. The number of nitrogens with one attached hydrogen (secondary N) is 2. The largest absolute Gasteiger partial charge is 0.497 e. The smallest absolute Gasteiger partial charge is 0.273 e. The Hall–Kier alpha value is -3.35. The molecular weight excluding hydrogens is 322 g/mol. The van der Waals surface area contributed by atoms with Gasteiger partial charge in [-0.2, -0.15) is 0 Å². The molecule has 0 spiro atoms. The Morgan fingerprint density at radius 2 is 1.76 bits per heavy atom. The van der Waals surface area contributed by atoms with Crippen molar-refractivity contribution >= 4 is 22.7 Å². The number of aryl methyl sites for hydroxylation is 2. The monoisotopic (exact) mass is 339 g/mol. The highest BCUT2D eigenvalue weighted by Gasteiger charge is 2.15. The van der Waals surface area contributed by atoms with Gasteiger partial charge in [-0.3, -0.25) is 25.4 Å². The number of ether oxygens (including phenoxy) is 1. The summed E-state index contributed by atoms with van der Waals surface area (Å²) in [5, 5.41) is 0.770. The Kier molecular flexibility index (Phi) is 4.38. The summed E-state index contributed by atoms with van der Waals surface area (Å²) in [6.07, 6.45) is 1.41. The number of hydrogen-bond acceptors (Lipinski definition) is 5. The molecule has 7 nitrogen and oxygen atoms in total. The SMILES string of the molecule is COc1ccc2nc(C)c(C(=O)NNC(=O)c3ccoc3C)cc2c1. The molecule has 0 saturated heterocycles. The molecule has 2 N–H and O–H groups in total. The molecule has 2 heterocycles. The molecular formula is C18H17N3O4. The number of carbonyl (C=O) groups excluding carboxylic acids is 2. The van der Waals surface area contributed by atoms with Gasteiger partial charge < -0.3 is 9.15 Å². The van der Waals surface area contributed by atoms with Crippen LogP contribution in [0.5, 0.6) is 5.75 Å². The minimum atomic E-state index is -0.454. The molecule has 0 bridgehead atoms. The van der Waals surface area contributed by atoms with Crippen LogP contribution >= 0.6 is 0 Å².